The zero-order valence-electron chi connectivity index (χ0n) is 15.8. The molecule has 1 N–H and O–H groups in total. The Morgan fingerprint density at radius 3 is 2.78 bits per heavy atom. The van der Waals surface area contributed by atoms with Crippen molar-refractivity contribution >= 4 is 27.5 Å². The van der Waals surface area contributed by atoms with Crippen LogP contribution >= 0.6 is 11.3 Å². The van der Waals surface area contributed by atoms with Crippen LogP contribution in [-0.2, 0) is 0 Å². The molecule has 0 spiro atoms. The van der Waals surface area contributed by atoms with E-state index in [1.54, 1.807) is 0 Å². The fraction of sp³-hybridized carbons (Fsp3) is 0.455. The van der Waals surface area contributed by atoms with E-state index in [0.717, 1.165) is 38.3 Å². The average molecular weight is 380 g/mol. The van der Waals surface area contributed by atoms with Crippen LogP contribution in [0.3, 0.4) is 0 Å². The highest BCUT2D eigenvalue weighted by molar-refractivity contribution is 7.20. The lowest BCUT2D eigenvalue weighted by Gasteiger charge is -2.28. The van der Waals surface area contributed by atoms with Crippen molar-refractivity contribution in [3.05, 3.63) is 47.0 Å². The minimum Gasteiger partial charge on any atom is -0.349 e. The number of carbonyl (C=O) groups excluding carboxylic acids is 1. The van der Waals surface area contributed by atoms with Crippen LogP contribution < -0.4 is 5.32 Å². The Labute approximate surface area is 163 Å². The van der Waals surface area contributed by atoms with Gasteiger partial charge >= 0.3 is 0 Å². The minimum absolute atomic E-state index is 0.0606. The lowest BCUT2D eigenvalue weighted by atomic mass is 9.84. The summed E-state index contributed by atoms with van der Waals surface area (Å²) < 4.78 is 1.95. The maximum Gasteiger partial charge on any atom is 0.261 e. The second kappa shape index (κ2) is 6.48. The first-order valence-corrected chi connectivity index (χ1v) is 10.8. The van der Waals surface area contributed by atoms with Crippen molar-refractivity contribution in [3.8, 4) is 5.69 Å². The van der Waals surface area contributed by atoms with E-state index in [-0.39, 0.29) is 11.9 Å². The number of hydrogen-bond donors (Lipinski definition) is 1. The molecule has 2 aliphatic carbocycles. The van der Waals surface area contributed by atoms with Crippen LogP contribution in [0.25, 0.3) is 15.9 Å². The van der Waals surface area contributed by atoms with Gasteiger partial charge in [-0.2, -0.15) is 5.10 Å². The summed E-state index contributed by atoms with van der Waals surface area (Å²) in [7, 11) is 0. The molecule has 1 aromatic carbocycles. The molecule has 5 heteroatoms. The van der Waals surface area contributed by atoms with Crippen molar-refractivity contribution in [1.29, 1.82) is 0 Å². The molecular weight excluding hydrogens is 354 g/mol. The van der Waals surface area contributed by atoms with Gasteiger partial charge < -0.3 is 5.32 Å². The highest BCUT2D eigenvalue weighted by atomic mass is 32.1. The molecule has 2 saturated carbocycles. The van der Waals surface area contributed by atoms with Crippen LogP contribution in [-0.4, -0.2) is 21.7 Å². The SMILES string of the molecule is Cc1nn(-c2ccccc2)c2sc(C(=O)N[C@@H](C)[C@H]3C[C@@H]4CC[C@@H]3C4)cc12. The predicted octanol–water partition coefficient (Wildman–Crippen LogP) is 4.95. The molecule has 4 atom stereocenters. The Bertz CT molecular complexity index is 990. The number of carbonyl (C=O) groups is 1. The summed E-state index contributed by atoms with van der Waals surface area (Å²) in [6.45, 7) is 4.20. The Kier molecular flexibility index (Phi) is 4.08. The minimum atomic E-state index is 0.0606. The lowest BCUT2D eigenvalue weighted by molar-refractivity contribution is 0.0919. The van der Waals surface area contributed by atoms with Crippen molar-refractivity contribution in [3.63, 3.8) is 0 Å². The van der Waals surface area contributed by atoms with E-state index in [1.807, 2.05) is 48.0 Å². The van der Waals surface area contributed by atoms with Crippen molar-refractivity contribution < 1.29 is 4.79 Å². The molecule has 0 aliphatic heterocycles. The van der Waals surface area contributed by atoms with Gasteiger partial charge in [-0.15, -0.1) is 11.3 Å². The van der Waals surface area contributed by atoms with Crippen molar-refractivity contribution in [2.75, 3.05) is 0 Å². The molecule has 4 nitrogen and oxygen atoms in total. The van der Waals surface area contributed by atoms with Gasteiger partial charge in [0, 0.05) is 11.4 Å². The zero-order valence-corrected chi connectivity index (χ0v) is 16.6. The summed E-state index contributed by atoms with van der Waals surface area (Å²) in [6, 6.07) is 12.4. The lowest BCUT2D eigenvalue weighted by Crippen LogP contribution is -2.39. The maximum absolute atomic E-state index is 12.9. The molecule has 2 heterocycles. The third kappa shape index (κ3) is 2.89. The second-order valence-electron chi connectivity index (χ2n) is 8.26. The molecular formula is C22H25N3OS. The monoisotopic (exact) mass is 379 g/mol. The summed E-state index contributed by atoms with van der Waals surface area (Å²) in [5.41, 5.74) is 1.99. The summed E-state index contributed by atoms with van der Waals surface area (Å²) in [6.07, 6.45) is 5.42. The first kappa shape index (κ1) is 17.0. The number of fused-ring (bicyclic) bond motifs is 3. The van der Waals surface area contributed by atoms with E-state index >= 15 is 0 Å². The highest BCUT2D eigenvalue weighted by Gasteiger charge is 2.42. The van der Waals surface area contributed by atoms with Gasteiger partial charge in [-0.05, 0) is 69.1 Å². The molecule has 1 amide bonds. The van der Waals surface area contributed by atoms with E-state index in [2.05, 4.69) is 17.3 Å². The van der Waals surface area contributed by atoms with Crippen molar-refractivity contribution in [2.45, 2.75) is 45.6 Å². The van der Waals surface area contributed by atoms with Gasteiger partial charge in [0.25, 0.3) is 5.91 Å². The van der Waals surface area contributed by atoms with Gasteiger partial charge in [0.05, 0.1) is 16.3 Å². The number of aromatic nitrogens is 2. The number of nitrogens with one attached hydrogen (secondary N) is 1. The first-order valence-electron chi connectivity index (χ1n) is 9.95. The molecule has 2 fully saturated rings. The first-order chi connectivity index (χ1) is 13.1. The summed E-state index contributed by atoms with van der Waals surface area (Å²) >= 11 is 1.54. The Balaban J connectivity index is 1.39. The van der Waals surface area contributed by atoms with Gasteiger partial charge in [-0.1, -0.05) is 24.6 Å². The summed E-state index contributed by atoms with van der Waals surface area (Å²) in [4.78, 5) is 14.7. The van der Waals surface area contributed by atoms with E-state index < -0.39 is 0 Å². The number of thiophene rings is 1. The fourth-order valence-electron chi connectivity index (χ4n) is 5.19. The van der Waals surface area contributed by atoms with E-state index in [9.17, 15) is 4.79 Å². The second-order valence-corrected chi connectivity index (χ2v) is 9.29. The summed E-state index contributed by atoms with van der Waals surface area (Å²) in [5, 5.41) is 9.03. The number of para-hydroxylation sites is 1. The van der Waals surface area contributed by atoms with Crippen LogP contribution in [0.2, 0.25) is 0 Å². The summed E-state index contributed by atoms with van der Waals surface area (Å²) in [5.74, 6) is 2.44. The van der Waals surface area contributed by atoms with Gasteiger partial charge in [-0.3, -0.25) is 4.79 Å². The average Bonchev–Trinajstić information content (AvgIpc) is 3.44. The highest BCUT2D eigenvalue weighted by Crippen LogP contribution is 2.49. The molecule has 0 saturated heterocycles. The Morgan fingerprint density at radius 2 is 2.07 bits per heavy atom. The molecule has 140 valence electrons. The quantitative estimate of drug-likeness (QED) is 0.697. The smallest absolute Gasteiger partial charge is 0.261 e. The number of aryl methyl sites for hydroxylation is 1. The number of benzene rings is 1. The van der Waals surface area contributed by atoms with Gasteiger partial charge in [0.15, 0.2) is 0 Å². The third-order valence-corrected chi connectivity index (χ3v) is 7.67. The van der Waals surface area contributed by atoms with Gasteiger partial charge in [0.1, 0.15) is 4.83 Å². The third-order valence-electron chi connectivity index (χ3n) is 6.56. The normalized spacial score (nSPS) is 25.2. The Hall–Kier alpha value is -2.14. The van der Waals surface area contributed by atoms with Crippen molar-refractivity contribution in [2.24, 2.45) is 17.8 Å². The fourth-order valence-corrected chi connectivity index (χ4v) is 6.28. The molecule has 0 unspecified atom stereocenters. The molecule has 3 aromatic rings. The molecule has 2 aliphatic rings. The number of hydrogen-bond acceptors (Lipinski definition) is 3. The zero-order chi connectivity index (χ0) is 18.5. The molecule has 5 rings (SSSR count). The number of rotatable bonds is 4. The standard InChI is InChI=1S/C22H25N3OS/c1-13(18-11-15-8-9-16(18)10-15)23-21(26)20-12-19-14(2)24-25(22(19)27-20)17-6-4-3-5-7-17/h3-7,12-13,15-16,18H,8-11H2,1-2H3,(H,23,26)/t13-,15+,16+,18+/m0/s1. The van der Waals surface area contributed by atoms with Crippen LogP contribution in [0.1, 0.15) is 48.0 Å². The van der Waals surface area contributed by atoms with Crippen LogP contribution in [0.5, 0.6) is 0 Å². The van der Waals surface area contributed by atoms with Crippen molar-refractivity contribution in [1.82, 2.24) is 15.1 Å². The van der Waals surface area contributed by atoms with Gasteiger partial charge in [-0.25, -0.2) is 4.68 Å². The number of amides is 1. The Morgan fingerprint density at radius 1 is 1.26 bits per heavy atom. The van der Waals surface area contributed by atoms with E-state index in [1.165, 1.54) is 37.0 Å². The van der Waals surface area contributed by atoms with Crippen LogP contribution in [0.4, 0.5) is 0 Å². The van der Waals surface area contributed by atoms with Gasteiger partial charge in [0.2, 0.25) is 0 Å². The topological polar surface area (TPSA) is 46.9 Å². The molecule has 0 radical (unpaired) electrons. The predicted molar refractivity (Wildman–Crippen MR) is 110 cm³/mol. The molecule has 2 bridgehead atoms. The molecule has 27 heavy (non-hydrogen) atoms. The van der Waals surface area contributed by atoms with E-state index in [0.29, 0.717) is 5.92 Å². The maximum atomic E-state index is 12.9. The van der Waals surface area contributed by atoms with Crippen LogP contribution in [0, 0.1) is 24.7 Å². The largest absolute Gasteiger partial charge is 0.349 e. The van der Waals surface area contributed by atoms with E-state index in [4.69, 9.17) is 0 Å². The molecule has 2 aromatic heterocycles. The number of nitrogens with zero attached hydrogens (tertiary/aromatic N) is 2. The van der Waals surface area contributed by atoms with Crippen LogP contribution in [0.15, 0.2) is 36.4 Å².